The number of allylic oxidation sites excluding steroid dienone is 1. The van der Waals surface area contributed by atoms with Crippen LogP contribution in [0.5, 0.6) is 0 Å². The lowest BCUT2D eigenvalue weighted by atomic mass is 10.2. The van der Waals surface area contributed by atoms with Gasteiger partial charge < -0.3 is 5.32 Å². The van der Waals surface area contributed by atoms with Gasteiger partial charge >= 0.3 is 0 Å². The molecule has 0 unspecified atom stereocenters. The van der Waals surface area contributed by atoms with Gasteiger partial charge in [0.1, 0.15) is 0 Å². The zero-order valence-corrected chi connectivity index (χ0v) is 7.18. The highest BCUT2D eigenvalue weighted by atomic mass is 16.1. The van der Waals surface area contributed by atoms with E-state index in [1.807, 2.05) is 13.8 Å². The average Bonchev–Trinajstić information content (AvgIpc) is 1.86. The van der Waals surface area contributed by atoms with E-state index in [0.717, 1.165) is 5.57 Å². The number of nitrogens with one attached hydrogen (secondary N) is 1. The molecule has 0 aromatic heterocycles. The third kappa shape index (κ3) is 7.00. The first-order valence-corrected chi connectivity index (χ1v) is 3.66. The summed E-state index contributed by atoms with van der Waals surface area (Å²) in [6.45, 7) is 8.43. The van der Waals surface area contributed by atoms with Gasteiger partial charge in [-0.15, -0.1) is 6.58 Å². The second-order valence-electron chi connectivity index (χ2n) is 2.61. The van der Waals surface area contributed by atoms with Crippen molar-refractivity contribution < 1.29 is 4.79 Å². The van der Waals surface area contributed by atoms with Crippen LogP contribution in [-0.2, 0) is 4.79 Å². The second kappa shape index (κ2) is 5.86. The van der Waals surface area contributed by atoms with Gasteiger partial charge in [0.2, 0.25) is 0 Å². The van der Waals surface area contributed by atoms with Gasteiger partial charge in [-0.1, -0.05) is 11.6 Å². The van der Waals surface area contributed by atoms with E-state index in [2.05, 4.69) is 11.9 Å². The van der Waals surface area contributed by atoms with E-state index in [1.54, 1.807) is 12.2 Å². The molecule has 0 saturated carbocycles. The summed E-state index contributed by atoms with van der Waals surface area (Å²) >= 11 is 0. The first-order chi connectivity index (χ1) is 5.16. The topological polar surface area (TPSA) is 29.1 Å². The van der Waals surface area contributed by atoms with E-state index in [9.17, 15) is 4.79 Å². The fourth-order valence-electron chi connectivity index (χ4n) is 0.670. The zero-order valence-electron chi connectivity index (χ0n) is 7.18. The smallest absolute Gasteiger partial charge is 0.169 e. The lowest BCUT2D eigenvalue weighted by Crippen LogP contribution is -2.21. The Kier molecular flexibility index (Phi) is 5.39. The van der Waals surface area contributed by atoms with Gasteiger partial charge in [0.05, 0.1) is 6.54 Å². The lowest BCUT2D eigenvalue weighted by Gasteiger charge is -1.96. The summed E-state index contributed by atoms with van der Waals surface area (Å²) < 4.78 is 0. The van der Waals surface area contributed by atoms with Crippen LogP contribution in [0.15, 0.2) is 24.3 Å². The highest BCUT2D eigenvalue weighted by Gasteiger charge is 1.93. The van der Waals surface area contributed by atoms with Crippen molar-refractivity contribution in [3.63, 3.8) is 0 Å². The summed E-state index contributed by atoms with van der Waals surface area (Å²) in [5.74, 6) is 0.117. The Hall–Kier alpha value is -0.890. The molecule has 0 spiro atoms. The quantitative estimate of drug-likeness (QED) is 0.366. The second-order valence-corrected chi connectivity index (χ2v) is 2.61. The molecule has 11 heavy (non-hydrogen) atoms. The Bertz CT molecular complexity index is 166. The van der Waals surface area contributed by atoms with Crippen molar-refractivity contribution in [2.75, 3.05) is 13.1 Å². The fourth-order valence-corrected chi connectivity index (χ4v) is 0.670. The predicted molar refractivity (Wildman–Crippen MR) is 47.5 cm³/mol. The van der Waals surface area contributed by atoms with Crippen molar-refractivity contribution in [1.29, 1.82) is 0 Å². The van der Waals surface area contributed by atoms with Gasteiger partial charge in [0.15, 0.2) is 5.78 Å². The molecular weight excluding hydrogens is 138 g/mol. The monoisotopic (exact) mass is 153 g/mol. The fraction of sp³-hybridized carbons (Fsp3) is 0.444. The molecule has 2 heteroatoms. The van der Waals surface area contributed by atoms with Crippen molar-refractivity contribution in [2.24, 2.45) is 0 Å². The van der Waals surface area contributed by atoms with E-state index < -0.39 is 0 Å². The van der Waals surface area contributed by atoms with Crippen LogP contribution in [0, 0.1) is 0 Å². The maximum absolute atomic E-state index is 11.0. The van der Waals surface area contributed by atoms with E-state index in [4.69, 9.17) is 0 Å². The van der Waals surface area contributed by atoms with Gasteiger partial charge in [0, 0.05) is 6.54 Å². The van der Waals surface area contributed by atoms with E-state index in [-0.39, 0.29) is 5.78 Å². The van der Waals surface area contributed by atoms with Crippen LogP contribution in [0.3, 0.4) is 0 Å². The van der Waals surface area contributed by atoms with Crippen molar-refractivity contribution in [3.05, 3.63) is 24.3 Å². The van der Waals surface area contributed by atoms with Crippen LogP contribution in [0.4, 0.5) is 0 Å². The molecule has 0 aliphatic carbocycles. The van der Waals surface area contributed by atoms with Crippen LogP contribution in [-0.4, -0.2) is 18.9 Å². The predicted octanol–water partition coefficient (Wildman–Crippen LogP) is 1.30. The van der Waals surface area contributed by atoms with Crippen molar-refractivity contribution >= 4 is 5.78 Å². The number of ketones is 1. The summed E-state index contributed by atoms with van der Waals surface area (Å²) in [4.78, 5) is 11.0. The molecule has 0 aromatic rings. The molecule has 0 aliphatic heterocycles. The Morgan fingerprint density at radius 2 is 2.18 bits per heavy atom. The number of carbonyl (C=O) groups is 1. The number of carbonyl (C=O) groups excluding carboxylic acids is 1. The molecule has 0 bridgehead atoms. The summed E-state index contributed by atoms with van der Waals surface area (Å²) in [6.07, 6.45) is 3.37. The van der Waals surface area contributed by atoms with Gasteiger partial charge in [-0.3, -0.25) is 4.79 Å². The van der Waals surface area contributed by atoms with Crippen LogP contribution >= 0.6 is 0 Å². The Balaban J connectivity index is 3.53. The van der Waals surface area contributed by atoms with Crippen LogP contribution in [0.1, 0.15) is 13.8 Å². The standard InChI is InChI=1S/C9H15NO/c1-4-5-10-7-9(11)6-8(2)3/h4,6,10H,1,5,7H2,2-3H3. The molecule has 0 aliphatic rings. The average molecular weight is 153 g/mol. The van der Waals surface area contributed by atoms with Crippen LogP contribution in [0.2, 0.25) is 0 Å². The molecule has 1 N–H and O–H groups in total. The van der Waals surface area contributed by atoms with Gasteiger partial charge in [-0.25, -0.2) is 0 Å². The van der Waals surface area contributed by atoms with E-state index >= 15 is 0 Å². The molecule has 0 rings (SSSR count). The molecule has 2 nitrogen and oxygen atoms in total. The SMILES string of the molecule is C=CCNCC(=O)C=C(C)C. The van der Waals surface area contributed by atoms with E-state index in [0.29, 0.717) is 13.1 Å². The van der Waals surface area contributed by atoms with Gasteiger partial charge in [0.25, 0.3) is 0 Å². The normalized spacial score (nSPS) is 8.91. The summed E-state index contributed by atoms with van der Waals surface area (Å²) in [6, 6.07) is 0. The Labute approximate surface area is 68.0 Å². The van der Waals surface area contributed by atoms with Crippen molar-refractivity contribution in [3.8, 4) is 0 Å². The largest absolute Gasteiger partial charge is 0.306 e. The molecule has 0 amide bonds. The minimum Gasteiger partial charge on any atom is -0.306 e. The molecule has 0 fully saturated rings. The molecule has 62 valence electrons. The first kappa shape index (κ1) is 10.1. The summed E-state index contributed by atoms with van der Waals surface area (Å²) in [5.41, 5.74) is 1.04. The van der Waals surface area contributed by atoms with Crippen molar-refractivity contribution in [2.45, 2.75) is 13.8 Å². The van der Waals surface area contributed by atoms with Crippen LogP contribution < -0.4 is 5.32 Å². The Morgan fingerprint density at radius 3 is 2.64 bits per heavy atom. The first-order valence-electron chi connectivity index (χ1n) is 3.66. The summed E-state index contributed by atoms with van der Waals surface area (Å²) in [5, 5.41) is 2.93. The van der Waals surface area contributed by atoms with Crippen molar-refractivity contribution in [1.82, 2.24) is 5.32 Å². The summed E-state index contributed by atoms with van der Waals surface area (Å²) in [7, 11) is 0. The molecule has 0 aromatic carbocycles. The highest BCUT2D eigenvalue weighted by Crippen LogP contribution is 1.87. The molecular formula is C9H15NO. The molecule has 0 radical (unpaired) electrons. The highest BCUT2D eigenvalue weighted by molar-refractivity contribution is 5.91. The van der Waals surface area contributed by atoms with Gasteiger partial charge in [-0.05, 0) is 19.9 Å². The number of rotatable bonds is 5. The maximum Gasteiger partial charge on any atom is 0.169 e. The zero-order chi connectivity index (χ0) is 8.69. The molecule has 0 atom stereocenters. The lowest BCUT2D eigenvalue weighted by molar-refractivity contribution is -0.113. The number of hydrogen-bond donors (Lipinski definition) is 1. The minimum absolute atomic E-state index is 0.117. The van der Waals surface area contributed by atoms with E-state index in [1.165, 1.54) is 0 Å². The third-order valence-electron chi connectivity index (χ3n) is 1.04. The number of hydrogen-bond acceptors (Lipinski definition) is 2. The Morgan fingerprint density at radius 1 is 1.55 bits per heavy atom. The maximum atomic E-state index is 11.0. The molecule has 0 saturated heterocycles. The van der Waals surface area contributed by atoms with Crippen LogP contribution in [0.25, 0.3) is 0 Å². The minimum atomic E-state index is 0.117. The van der Waals surface area contributed by atoms with Gasteiger partial charge in [-0.2, -0.15) is 0 Å². The third-order valence-corrected chi connectivity index (χ3v) is 1.04. The molecule has 0 heterocycles.